The molecule has 0 bridgehead atoms. The fraction of sp³-hybridized carbons (Fsp3) is 0.609. The van der Waals surface area contributed by atoms with E-state index in [0.29, 0.717) is 11.3 Å². The molecule has 142 valence electrons. The van der Waals surface area contributed by atoms with Gasteiger partial charge in [0.2, 0.25) is 0 Å². The second kappa shape index (κ2) is 8.28. The van der Waals surface area contributed by atoms with Crippen molar-refractivity contribution in [3.63, 3.8) is 0 Å². The molecular weight excluding hydrogens is 324 g/mol. The van der Waals surface area contributed by atoms with Gasteiger partial charge in [0.25, 0.3) is 0 Å². The van der Waals surface area contributed by atoms with Crippen molar-refractivity contribution >= 4 is 5.97 Å². The highest BCUT2D eigenvalue weighted by atomic mass is 16.5. The van der Waals surface area contributed by atoms with Crippen LogP contribution in [0, 0.1) is 11.3 Å². The molecule has 2 saturated carbocycles. The lowest BCUT2D eigenvalue weighted by atomic mass is 9.72. The molecule has 3 nitrogen and oxygen atoms in total. The second-order valence-corrected chi connectivity index (χ2v) is 8.55. The Labute approximate surface area is 157 Å². The zero-order valence-electron chi connectivity index (χ0n) is 16.0. The van der Waals surface area contributed by atoms with Crippen LogP contribution in [0.2, 0.25) is 0 Å². The molecule has 0 heterocycles. The van der Waals surface area contributed by atoms with Gasteiger partial charge in [0.1, 0.15) is 5.75 Å². The molecule has 2 aliphatic rings. The van der Waals surface area contributed by atoms with Gasteiger partial charge < -0.3 is 9.84 Å². The lowest BCUT2D eigenvalue weighted by Gasteiger charge is -2.33. The highest BCUT2D eigenvalue weighted by molar-refractivity contribution is 5.68. The molecule has 1 spiro atoms. The molecule has 3 heteroatoms. The first-order chi connectivity index (χ1) is 12.5. The van der Waals surface area contributed by atoms with Crippen molar-refractivity contribution in [3.05, 3.63) is 42.0 Å². The Morgan fingerprint density at radius 2 is 1.92 bits per heavy atom. The van der Waals surface area contributed by atoms with Gasteiger partial charge in [-0.2, -0.15) is 0 Å². The molecule has 2 aliphatic carbocycles. The fourth-order valence-electron chi connectivity index (χ4n) is 4.99. The molecule has 1 aromatic rings. The van der Waals surface area contributed by atoms with E-state index >= 15 is 0 Å². The van der Waals surface area contributed by atoms with Crippen LogP contribution in [-0.2, 0) is 4.79 Å². The van der Waals surface area contributed by atoms with Gasteiger partial charge in [-0.3, -0.25) is 4.79 Å². The highest BCUT2D eigenvalue weighted by Gasteiger charge is 2.39. The van der Waals surface area contributed by atoms with E-state index < -0.39 is 5.97 Å². The van der Waals surface area contributed by atoms with Gasteiger partial charge in [0, 0.05) is 5.92 Å². The van der Waals surface area contributed by atoms with Crippen LogP contribution in [0.5, 0.6) is 5.75 Å². The monoisotopic (exact) mass is 356 g/mol. The maximum absolute atomic E-state index is 11.1. The molecule has 0 radical (unpaired) electrons. The molecule has 0 amide bonds. The normalized spacial score (nSPS) is 22.9. The van der Waals surface area contributed by atoms with Crippen LogP contribution >= 0.6 is 0 Å². The minimum atomic E-state index is -0.795. The molecule has 26 heavy (non-hydrogen) atoms. The Hall–Kier alpha value is -1.77. The number of rotatable bonds is 7. The summed E-state index contributed by atoms with van der Waals surface area (Å²) in [7, 11) is 0. The smallest absolute Gasteiger partial charge is 0.304 e. The first-order valence-corrected chi connectivity index (χ1v) is 10.1. The summed E-state index contributed by atoms with van der Waals surface area (Å²) in [5.41, 5.74) is 2.50. The predicted octanol–water partition coefficient (Wildman–Crippen LogP) is 5.95. The van der Waals surface area contributed by atoms with E-state index in [1.165, 1.54) is 51.4 Å². The molecule has 0 aromatic heterocycles. The van der Waals surface area contributed by atoms with Crippen LogP contribution in [-0.4, -0.2) is 17.7 Å². The third-order valence-electron chi connectivity index (χ3n) is 6.46. The number of hydrogen-bond donors (Lipinski definition) is 1. The van der Waals surface area contributed by atoms with E-state index in [-0.39, 0.29) is 12.3 Å². The Morgan fingerprint density at radius 3 is 2.54 bits per heavy atom. The number of ether oxygens (including phenoxy) is 1. The van der Waals surface area contributed by atoms with Gasteiger partial charge in [0.05, 0.1) is 13.0 Å². The molecule has 0 aliphatic heterocycles. The van der Waals surface area contributed by atoms with Crippen LogP contribution in [0.3, 0.4) is 0 Å². The summed E-state index contributed by atoms with van der Waals surface area (Å²) in [4.78, 5) is 11.1. The first kappa shape index (κ1) is 19.0. The Balaban J connectivity index is 1.53. The summed E-state index contributed by atoms with van der Waals surface area (Å²) in [5.74, 6) is 0.635. The fourth-order valence-corrected chi connectivity index (χ4v) is 4.99. The summed E-state index contributed by atoms with van der Waals surface area (Å²) >= 11 is 0. The van der Waals surface area contributed by atoms with Gasteiger partial charge in [-0.15, -0.1) is 0 Å². The molecule has 1 N–H and O–H groups in total. The molecular formula is C23H32O3. The van der Waals surface area contributed by atoms with Crippen molar-refractivity contribution < 1.29 is 14.6 Å². The van der Waals surface area contributed by atoms with Crippen molar-refractivity contribution in [3.8, 4) is 5.75 Å². The average Bonchev–Trinajstić information content (AvgIpc) is 3.01. The van der Waals surface area contributed by atoms with Crippen molar-refractivity contribution in [1.82, 2.24) is 0 Å². The number of hydrogen-bond acceptors (Lipinski definition) is 2. The van der Waals surface area contributed by atoms with Gasteiger partial charge in [0.15, 0.2) is 0 Å². The average molecular weight is 357 g/mol. The van der Waals surface area contributed by atoms with Gasteiger partial charge in [-0.25, -0.2) is 0 Å². The SMILES string of the molecule is C=C(C)[C@@H](CC(=O)O)c1ccc(OCC2CCC3(CCCCC3)C2)cc1. The van der Waals surface area contributed by atoms with Crippen LogP contribution in [0.25, 0.3) is 0 Å². The third kappa shape index (κ3) is 4.69. The molecule has 0 saturated heterocycles. The number of carboxylic acids is 1. The van der Waals surface area contributed by atoms with Crippen molar-refractivity contribution in [1.29, 1.82) is 0 Å². The third-order valence-corrected chi connectivity index (χ3v) is 6.46. The van der Waals surface area contributed by atoms with Crippen LogP contribution < -0.4 is 4.74 Å². The van der Waals surface area contributed by atoms with E-state index in [0.717, 1.165) is 23.5 Å². The van der Waals surface area contributed by atoms with E-state index in [1.807, 2.05) is 31.2 Å². The summed E-state index contributed by atoms with van der Waals surface area (Å²) in [6.07, 6.45) is 11.2. The number of benzene rings is 1. The van der Waals surface area contributed by atoms with Crippen LogP contribution in [0.15, 0.2) is 36.4 Å². The first-order valence-electron chi connectivity index (χ1n) is 10.1. The van der Waals surface area contributed by atoms with Gasteiger partial charge in [-0.05, 0) is 68.1 Å². The van der Waals surface area contributed by atoms with Gasteiger partial charge >= 0.3 is 5.97 Å². The highest BCUT2D eigenvalue weighted by Crippen LogP contribution is 2.51. The summed E-state index contributed by atoms with van der Waals surface area (Å²) in [6.45, 7) is 6.64. The number of allylic oxidation sites excluding steroid dienone is 1. The maximum Gasteiger partial charge on any atom is 0.304 e. The maximum atomic E-state index is 11.1. The van der Waals surface area contributed by atoms with E-state index in [9.17, 15) is 4.79 Å². The molecule has 1 unspecified atom stereocenters. The summed E-state index contributed by atoms with van der Waals surface area (Å²) in [5, 5.41) is 9.09. The van der Waals surface area contributed by atoms with E-state index in [4.69, 9.17) is 9.84 Å². The second-order valence-electron chi connectivity index (χ2n) is 8.55. The lowest BCUT2D eigenvalue weighted by Crippen LogP contribution is -2.21. The van der Waals surface area contributed by atoms with Crippen molar-refractivity contribution in [2.24, 2.45) is 11.3 Å². The zero-order valence-corrected chi connectivity index (χ0v) is 16.0. The number of aliphatic carboxylic acids is 1. The topological polar surface area (TPSA) is 46.5 Å². The number of carboxylic acid groups (broad SMARTS) is 1. The van der Waals surface area contributed by atoms with Crippen LogP contribution in [0.4, 0.5) is 0 Å². The van der Waals surface area contributed by atoms with Crippen LogP contribution in [0.1, 0.15) is 76.2 Å². The Morgan fingerprint density at radius 1 is 1.23 bits per heavy atom. The molecule has 3 rings (SSSR count). The molecule has 2 fully saturated rings. The van der Waals surface area contributed by atoms with Gasteiger partial charge in [-0.1, -0.05) is 43.5 Å². The minimum absolute atomic E-state index is 0.0830. The van der Waals surface area contributed by atoms with E-state index in [2.05, 4.69) is 6.58 Å². The molecule has 1 aromatic carbocycles. The van der Waals surface area contributed by atoms with Crippen molar-refractivity contribution in [2.75, 3.05) is 6.61 Å². The number of carbonyl (C=O) groups is 1. The summed E-state index contributed by atoms with van der Waals surface area (Å²) < 4.78 is 6.06. The lowest BCUT2D eigenvalue weighted by molar-refractivity contribution is -0.137. The quantitative estimate of drug-likeness (QED) is 0.614. The predicted molar refractivity (Wildman–Crippen MR) is 105 cm³/mol. The standard InChI is InChI=1S/C23H32O3/c1-17(2)21(14-22(24)25)19-6-8-20(9-7-19)26-16-18-10-13-23(15-18)11-4-3-5-12-23/h6-9,18,21H,1,3-5,10-16H2,2H3,(H,24,25)/t18?,21-/m1/s1. The van der Waals surface area contributed by atoms with E-state index in [1.54, 1.807) is 0 Å². The summed E-state index contributed by atoms with van der Waals surface area (Å²) in [6, 6.07) is 7.90. The van der Waals surface area contributed by atoms with Crippen molar-refractivity contribution in [2.45, 2.75) is 70.6 Å². The Bertz CT molecular complexity index is 625. The minimum Gasteiger partial charge on any atom is -0.493 e. The molecule has 2 atom stereocenters. The zero-order chi connectivity index (χ0) is 18.6. The largest absolute Gasteiger partial charge is 0.493 e. The Kier molecular flexibility index (Phi) is 6.05.